The van der Waals surface area contributed by atoms with Gasteiger partial charge in [-0.25, -0.2) is 9.07 Å². The molecule has 0 saturated carbocycles. The first-order chi connectivity index (χ1) is 13.1. The Morgan fingerprint density at radius 2 is 2.04 bits per heavy atom. The van der Waals surface area contributed by atoms with E-state index in [0.29, 0.717) is 42.2 Å². The predicted molar refractivity (Wildman–Crippen MR) is 97.5 cm³/mol. The Balaban J connectivity index is 1.71. The molecule has 2 aromatic heterocycles. The van der Waals surface area contributed by atoms with Crippen molar-refractivity contribution in [1.29, 1.82) is 0 Å². The minimum Gasteiger partial charge on any atom is -0.480 e. The minimum atomic E-state index is -0.271. The Bertz CT molecular complexity index is 924. The molecule has 1 aromatic carbocycles. The highest BCUT2D eigenvalue weighted by Gasteiger charge is 2.18. The second-order valence-electron chi connectivity index (χ2n) is 5.80. The maximum atomic E-state index is 13.7. The summed E-state index contributed by atoms with van der Waals surface area (Å²) >= 11 is 0. The number of hydrogen-bond acceptors (Lipinski definition) is 5. The molecule has 0 saturated heterocycles. The number of nitrogens with one attached hydrogen (secondary N) is 1. The lowest BCUT2D eigenvalue weighted by atomic mass is 10.1. The third-order valence-electron chi connectivity index (χ3n) is 4.14. The first kappa shape index (κ1) is 18.5. The molecule has 0 aliphatic carbocycles. The van der Waals surface area contributed by atoms with Gasteiger partial charge in [0.25, 0.3) is 5.91 Å². The first-order valence-corrected chi connectivity index (χ1v) is 8.60. The summed E-state index contributed by atoms with van der Waals surface area (Å²) < 4.78 is 20.2. The minimum absolute atomic E-state index is 0.254. The number of amides is 1. The third-order valence-corrected chi connectivity index (χ3v) is 4.14. The summed E-state index contributed by atoms with van der Waals surface area (Å²) in [4.78, 5) is 12.5. The fraction of sp³-hybridized carbons (Fsp3) is 0.263. The monoisotopic (exact) mass is 369 g/mol. The molecule has 7 nitrogen and oxygen atoms in total. The molecule has 2 heterocycles. The smallest absolute Gasteiger partial charge is 0.254 e. The zero-order chi connectivity index (χ0) is 19.2. The van der Waals surface area contributed by atoms with E-state index in [9.17, 15) is 9.18 Å². The molecule has 27 heavy (non-hydrogen) atoms. The molecule has 140 valence electrons. The average molecular weight is 369 g/mol. The lowest BCUT2D eigenvalue weighted by Gasteiger charge is -2.08. The Morgan fingerprint density at radius 3 is 2.70 bits per heavy atom. The number of hydrogen-bond donors (Lipinski definition) is 1. The molecule has 0 spiro atoms. The van der Waals surface area contributed by atoms with E-state index in [0.717, 1.165) is 5.69 Å². The van der Waals surface area contributed by atoms with E-state index in [4.69, 9.17) is 4.74 Å². The summed E-state index contributed by atoms with van der Waals surface area (Å²) in [6, 6.07) is 9.93. The van der Waals surface area contributed by atoms with Gasteiger partial charge in [-0.05, 0) is 30.5 Å². The predicted octanol–water partition coefficient (Wildman–Crippen LogP) is 2.34. The molecule has 0 atom stereocenters. The number of aromatic nitrogens is 4. The van der Waals surface area contributed by atoms with Crippen LogP contribution in [0.5, 0.6) is 5.88 Å². The number of carbonyl (C=O) groups is 1. The fourth-order valence-corrected chi connectivity index (χ4v) is 2.74. The van der Waals surface area contributed by atoms with Gasteiger partial charge in [-0.2, -0.15) is 5.10 Å². The molecular weight excluding hydrogens is 349 g/mol. The molecule has 0 radical (unpaired) electrons. The van der Waals surface area contributed by atoms with E-state index >= 15 is 0 Å². The normalized spacial score (nSPS) is 10.6. The molecule has 0 bridgehead atoms. The Morgan fingerprint density at radius 1 is 1.22 bits per heavy atom. The first-order valence-electron chi connectivity index (χ1n) is 8.60. The highest BCUT2D eigenvalue weighted by molar-refractivity contribution is 5.95. The second kappa shape index (κ2) is 8.39. The van der Waals surface area contributed by atoms with Crippen LogP contribution in [0.3, 0.4) is 0 Å². The summed E-state index contributed by atoms with van der Waals surface area (Å²) in [7, 11) is 1.51. The number of ether oxygens (including phenoxy) is 1. The van der Waals surface area contributed by atoms with Crippen molar-refractivity contribution in [2.24, 2.45) is 0 Å². The maximum Gasteiger partial charge on any atom is 0.254 e. The maximum absolute atomic E-state index is 13.7. The molecule has 1 amide bonds. The van der Waals surface area contributed by atoms with Gasteiger partial charge in [-0.3, -0.25) is 4.79 Å². The molecule has 3 aromatic rings. The van der Waals surface area contributed by atoms with Crippen LogP contribution >= 0.6 is 0 Å². The molecule has 0 aliphatic heterocycles. The van der Waals surface area contributed by atoms with Crippen LogP contribution in [-0.2, 0) is 12.8 Å². The van der Waals surface area contributed by atoms with E-state index in [1.807, 2.05) is 6.92 Å². The zero-order valence-corrected chi connectivity index (χ0v) is 15.1. The van der Waals surface area contributed by atoms with Crippen molar-refractivity contribution in [1.82, 2.24) is 25.3 Å². The molecule has 0 fully saturated rings. The van der Waals surface area contributed by atoms with Gasteiger partial charge < -0.3 is 10.1 Å². The van der Waals surface area contributed by atoms with Crippen LogP contribution in [0, 0.1) is 5.82 Å². The summed E-state index contributed by atoms with van der Waals surface area (Å²) in [5, 5.41) is 15.1. The van der Waals surface area contributed by atoms with Gasteiger partial charge >= 0.3 is 0 Å². The number of nitrogens with zero attached hydrogens (tertiary/aromatic N) is 4. The van der Waals surface area contributed by atoms with Gasteiger partial charge in [0.15, 0.2) is 5.82 Å². The van der Waals surface area contributed by atoms with Crippen molar-refractivity contribution in [2.45, 2.75) is 19.8 Å². The zero-order valence-electron chi connectivity index (χ0n) is 15.1. The van der Waals surface area contributed by atoms with E-state index in [1.165, 1.54) is 19.4 Å². The summed E-state index contributed by atoms with van der Waals surface area (Å²) in [5.41, 5.74) is 1.75. The average Bonchev–Trinajstić information content (AvgIpc) is 3.13. The lowest BCUT2D eigenvalue weighted by molar-refractivity contribution is 0.0953. The Hall–Kier alpha value is -3.29. The van der Waals surface area contributed by atoms with Crippen LogP contribution in [0.4, 0.5) is 4.39 Å². The fourth-order valence-electron chi connectivity index (χ4n) is 2.74. The number of carbonyl (C=O) groups excluding carboxylic acids is 1. The third kappa shape index (κ3) is 4.11. The van der Waals surface area contributed by atoms with Crippen molar-refractivity contribution in [2.75, 3.05) is 13.7 Å². The van der Waals surface area contributed by atoms with Gasteiger partial charge in [0.2, 0.25) is 5.88 Å². The van der Waals surface area contributed by atoms with Gasteiger partial charge in [-0.15, -0.1) is 10.2 Å². The highest BCUT2D eigenvalue weighted by Crippen LogP contribution is 2.15. The van der Waals surface area contributed by atoms with E-state index in [1.54, 1.807) is 35.0 Å². The largest absolute Gasteiger partial charge is 0.480 e. The van der Waals surface area contributed by atoms with Crippen molar-refractivity contribution >= 4 is 5.91 Å². The Labute approximate surface area is 156 Å². The summed E-state index contributed by atoms with van der Waals surface area (Å²) in [5.74, 6) is 0.371. The van der Waals surface area contributed by atoms with Crippen LogP contribution < -0.4 is 10.1 Å². The van der Waals surface area contributed by atoms with E-state index in [2.05, 4.69) is 20.6 Å². The van der Waals surface area contributed by atoms with Crippen LogP contribution in [0.15, 0.2) is 42.6 Å². The number of halogens is 1. The SMILES string of the molecule is CCc1c(C(=O)NCCc2ccccc2F)cnn1-c1ccc(OC)nn1. The standard InChI is InChI=1S/C19H20FN5O2/c1-3-16-14(12-22-25(16)17-8-9-18(27-2)24-23-17)19(26)21-11-10-13-6-4-5-7-15(13)20/h4-9,12H,3,10-11H2,1-2H3,(H,21,26). The van der Waals surface area contributed by atoms with Crippen LogP contribution in [0.2, 0.25) is 0 Å². The lowest BCUT2D eigenvalue weighted by Crippen LogP contribution is -2.26. The Kier molecular flexibility index (Phi) is 5.75. The van der Waals surface area contributed by atoms with Crippen molar-refractivity contribution < 1.29 is 13.9 Å². The molecule has 0 unspecified atom stereocenters. The number of benzene rings is 1. The van der Waals surface area contributed by atoms with E-state index in [-0.39, 0.29) is 11.7 Å². The summed E-state index contributed by atoms with van der Waals surface area (Å²) in [6.45, 7) is 2.26. The molecule has 8 heteroatoms. The molecule has 1 N–H and O–H groups in total. The topological polar surface area (TPSA) is 81.9 Å². The van der Waals surface area contributed by atoms with Gasteiger partial charge in [-0.1, -0.05) is 25.1 Å². The van der Waals surface area contributed by atoms with Gasteiger partial charge in [0.1, 0.15) is 5.82 Å². The van der Waals surface area contributed by atoms with Crippen molar-refractivity contribution in [3.05, 3.63) is 65.2 Å². The van der Waals surface area contributed by atoms with Gasteiger partial charge in [0, 0.05) is 12.6 Å². The van der Waals surface area contributed by atoms with Crippen molar-refractivity contribution in [3.63, 3.8) is 0 Å². The second-order valence-corrected chi connectivity index (χ2v) is 5.80. The summed E-state index contributed by atoms with van der Waals surface area (Å²) in [6.07, 6.45) is 2.50. The quantitative estimate of drug-likeness (QED) is 0.691. The highest BCUT2D eigenvalue weighted by atomic mass is 19.1. The molecule has 0 aliphatic rings. The van der Waals surface area contributed by atoms with E-state index < -0.39 is 0 Å². The number of methoxy groups -OCH3 is 1. The van der Waals surface area contributed by atoms with Gasteiger partial charge in [0.05, 0.1) is 24.6 Å². The van der Waals surface area contributed by atoms with Crippen LogP contribution in [-0.4, -0.2) is 39.5 Å². The van der Waals surface area contributed by atoms with Crippen LogP contribution in [0.1, 0.15) is 28.5 Å². The molecular formula is C19H20FN5O2. The molecule has 3 rings (SSSR count). The number of rotatable bonds is 7. The van der Waals surface area contributed by atoms with Crippen LogP contribution in [0.25, 0.3) is 5.82 Å². The van der Waals surface area contributed by atoms with Crippen molar-refractivity contribution in [3.8, 4) is 11.7 Å².